The number of benzene rings is 1. The lowest BCUT2D eigenvalue weighted by Crippen LogP contribution is -2.45. The molecule has 1 fully saturated rings. The van der Waals surface area contributed by atoms with Crippen molar-refractivity contribution in [2.75, 3.05) is 13.2 Å². The van der Waals surface area contributed by atoms with Crippen LogP contribution in [-0.4, -0.2) is 46.7 Å². The number of ether oxygens (including phenoxy) is 1. The number of aliphatic hydroxyl groups excluding tert-OH is 1. The molecule has 1 aromatic rings. The van der Waals surface area contributed by atoms with Crippen molar-refractivity contribution < 1.29 is 19.4 Å². The van der Waals surface area contributed by atoms with E-state index >= 15 is 0 Å². The summed E-state index contributed by atoms with van der Waals surface area (Å²) in [6.07, 6.45) is 3.82. The molecule has 1 aliphatic heterocycles. The summed E-state index contributed by atoms with van der Waals surface area (Å²) in [5.41, 5.74) is 0.0674. The second-order valence-corrected chi connectivity index (χ2v) is 9.20. The normalized spacial score (nSPS) is 20.7. The number of para-hydroxylation sites is 1. The van der Waals surface area contributed by atoms with Crippen molar-refractivity contribution in [2.45, 2.75) is 83.8 Å². The lowest BCUT2D eigenvalue weighted by atomic mass is 9.86. The van der Waals surface area contributed by atoms with E-state index in [0.29, 0.717) is 12.2 Å². The van der Waals surface area contributed by atoms with Gasteiger partial charge in [-0.15, -0.1) is 0 Å². The monoisotopic (exact) mass is 404 g/mol. The molecule has 2 atom stereocenters. The van der Waals surface area contributed by atoms with E-state index in [0.717, 1.165) is 36.1 Å². The number of rotatable bonds is 10. The van der Waals surface area contributed by atoms with Crippen molar-refractivity contribution in [3.05, 3.63) is 29.8 Å². The van der Waals surface area contributed by atoms with Crippen LogP contribution < -0.4 is 10.1 Å². The topological polar surface area (TPSA) is 78.9 Å². The molecule has 0 aliphatic carbocycles. The van der Waals surface area contributed by atoms with Gasteiger partial charge in [-0.1, -0.05) is 71.6 Å². The SMILES string of the molecule is CCCCCCC1(C)NC(=O)N(CC(O)COc2ccccc2C(C)(C)C)C1=O. The molecule has 0 bridgehead atoms. The van der Waals surface area contributed by atoms with E-state index in [2.05, 4.69) is 33.0 Å². The number of hydrogen-bond acceptors (Lipinski definition) is 4. The van der Waals surface area contributed by atoms with Crippen LogP contribution in [0.15, 0.2) is 24.3 Å². The highest BCUT2D eigenvalue weighted by atomic mass is 16.5. The van der Waals surface area contributed by atoms with Gasteiger partial charge in [-0.05, 0) is 30.4 Å². The van der Waals surface area contributed by atoms with Crippen LogP contribution in [0.4, 0.5) is 4.79 Å². The van der Waals surface area contributed by atoms with Gasteiger partial charge in [-0.3, -0.25) is 9.69 Å². The fourth-order valence-corrected chi connectivity index (χ4v) is 3.65. The number of carbonyl (C=O) groups is 2. The van der Waals surface area contributed by atoms with E-state index in [1.165, 1.54) is 0 Å². The first kappa shape index (κ1) is 23.2. The number of aliphatic hydroxyl groups is 1. The van der Waals surface area contributed by atoms with Crippen LogP contribution in [0.3, 0.4) is 0 Å². The Morgan fingerprint density at radius 1 is 1.17 bits per heavy atom. The molecule has 6 heteroatoms. The largest absolute Gasteiger partial charge is 0.491 e. The Labute approximate surface area is 174 Å². The maximum atomic E-state index is 12.8. The minimum absolute atomic E-state index is 0.0113. The van der Waals surface area contributed by atoms with E-state index in [1.54, 1.807) is 6.92 Å². The van der Waals surface area contributed by atoms with Gasteiger partial charge >= 0.3 is 6.03 Å². The molecule has 2 rings (SSSR count). The van der Waals surface area contributed by atoms with Crippen LogP contribution in [0.2, 0.25) is 0 Å². The first-order valence-corrected chi connectivity index (χ1v) is 10.6. The zero-order valence-electron chi connectivity index (χ0n) is 18.5. The van der Waals surface area contributed by atoms with Crippen molar-refractivity contribution in [2.24, 2.45) is 0 Å². The van der Waals surface area contributed by atoms with Crippen molar-refractivity contribution in [1.29, 1.82) is 0 Å². The smallest absolute Gasteiger partial charge is 0.325 e. The predicted octanol–water partition coefficient (Wildman–Crippen LogP) is 4.00. The van der Waals surface area contributed by atoms with Crippen molar-refractivity contribution in [3.63, 3.8) is 0 Å². The molecule has 0 aromatic heterocycles. The molecular formula is C23H36N2O4. The first-order valence-electron chi connectivity index (χ1n) is 10.6. The highest BCUT2D eigenvalue weighted by Gasteiger charge is 2.47. The van der Waals surface area contributed by atoms with E-state index in [9.17, 15) is 14.7 Å². The first-order chi connectivity index (χ1) is 13.6. The summed E-state index contributed by atoms with van der Waals surface area (Å²) in [7, 11) is 0. The lowest BCUT2D eigenvalue weighted by Gasteiger charge is -2.24. The number of amides is 3. The maximum Gasteiger partial charge on any atom is 0.325 e. The Morgan fingerprint density at radius 3 is 2.52 bits per heavy atom. The Bertz CT molecular complexity index is 713. The van der Waals surface area contributed by atoms with Gasteiger partial charge in [0.1, 0.15) is 24.0 Å². The average Bonchev–Trinajstić information content (AvgIpc) is 2.86. The molecule has 1 heterocycles. The predicted molar refractivity (Wildman–Crippen MR) is 114 cm³/mol. The van der Waals surface area contributed by atoms with Gasteiger partial charge in [-0.2, -0.15) is 0 Å². The Hall–Kier alpha value is -2.08. The third kappa shape index (κ3) is 5.95. The average molecular weight is 405 g/mol. The maximum absolute atomic E-state index is 12.8. The van der Waals surface area contributed by atoms with Gasteiger partial charge in [-0.25, -0.2) is 4.79 Å². The second-order valence-electron chi connectivity index (χ2n) is 9.20. The number of hydrogen-bond donors (Lipinski definition) is 2. The fourth-order valence-electron chi connectivity index (χ4n) is 3.65. The summed E-state index contributed by atoms with van der Waals surface area (Å²) in [6, 6.07) is 7.27. The molecule has 29 heavy (non-hydrogen) atoms. The molecule has 162 valence electrons. The third-order valence-corrected chi connectivity index (χ3v) is 5.40. The van der Waals surface area contributed by atoms with Gasteiger partial charge < -0.3 is 15.2 Å². The summed E-state index contributed by atoms with van der Waals surface area (Å²) < 4.78 is 5.83. The van der Waals surface area contributed by atoms with Crippen LogP contribution in [-0.2, 0) is 10.2 Å². The number of imide groups is 1. The molecule has 0 radical (unpaired) electrons. The Kier molecular flexibility index (Phi) is 7.69. The van der Waals surface area contributed by atoms with Crippen molar-refractivity contribution >= 4 is 11.9 Å². The van der Waals surface area contributed by atoms with Crippen LogP contribution >= 0.6 is 0 Å². The Balaban J connectivity index is 1.93. The van der Waals surface area contributed by atoms with Gasteiger partial charge in [0.15, 0.2) is 0 Å². The van der Waals surface area contributed by atoms with Crippen LogP contribution in [0.5, 0.6) is 5.75 Å². The highest BCUT2D eigenvalue weighted by molar-refractivity contribution is 6.06. The number of urea groups is 1. The fraction of sp³-hybridized carbons (Fsp3) is 0.652. The molecule has 6 nitrogen and oxygen atoms in total. The molecule has 1 aliphatic rings. The van der Waals surface area contributed by atoms with Gasteiger partial charge in [0.05, 0.1) is 6.54 Å². The lowest BCUT2D eigenvalue weighted by molar-refractivity contribution is -0.132. The minimum atomic E-state index is -0.958. The van der Waals surface area contributed by atoms with E-state index in [1.807, 2.05) is 24.3 Å². The van der Waals surface area contributed by atoms with Gasteiger partial charge in [0.2, 0.25) is 0 Å². The molecule has 3 amide bonds. The quantitative estimate of drug-likeness (QED) is 0.456. The summed E-state index contributed by atoms with van der Waals surface area (Å²) in [6.45, 7) is 10.1. The molecule has 2 unspecified atom stereocenters. The summed E-state index contributed by atoms with van der Waals surface area (Å²) in [5.74, 6) is 0.435. The minimum Gasteiger partial charge on any atom is -0.491 e. The number of unbranched alkanes of at least 4 members (excludes halogenated alkanes) is 3. The van der Waals surface area contributed by atoms with Gasteiger partial charge in [0.25, 0.3) is 5.91 Å². The van der Waals surface area contributed by atoms with Crippen molar-refractivity contribution in [3.8, 4) is 5.75 Å². The standard InChI is InChI=1S/C23H36N2O4/c1-6-7-8-11-14-23(5)20(27)25(21(28)24-23)15-17(26)16-29-19-13-10-9-12-18(19)22(2,3)4/h9-10,12-13,17,26H,6-8,11,14-16H2,1-5H3,(H,24,28). The van der Waals surface area contributed by atoms with E-state index in [-0.39, 0.29) is 24.5 Å². The number of nitrogens with zero attached hydrogens (tertiary/aromatic N) is 1. The molecular weight excluding hydrogens is 368 g/mol. The molecule has 2 N–H and O–H groups in total. The summed E-state index contributed by atoms with van der Waals surface area (Å²) in [4.78, 5) is 26.2. The number of carbonyl (C=O) groups excluding carboxylic acids is 2. The Morgan fingerprint density at radius 2 is 1.86 bits per heavy atom. The van der Waals surface area contributed by atoms with E-state index < -0.39 is 17.7 Å². The van der Waals surface area contributed by atoms with Crippen LogP contribution in [0.25, 0.3) is 0 Å². The summed E-state index contributed by atoms with van der Waals surface area (Å²) in [5, 5.41) is 13.2. The molecule has 0 spiro atoms. The van der Waals surface area contributed by atoms with Crippen molar-refractivity contribution in [1.82, 2.24) is 10.2 Å². The molecule has 0 saturated carbocycles. The van der Waals surface area contributed by atoms with E-state index in [4.69, 9.17) is 4.74 Å². The van der Waals surface area contributed by atoms with Crippen LogP contribution in [0, 0.1) is 0 Å². The zero-order valence-corrected chi connectivity index (χ0v) is 18.5. The third-order valence-electron chi connectivity index (χ3n) is 5.40. The highest BCUT2D eigenvalue weighted by Crippen LogP contribution is 2.31. The molecule has 1 saturated heterocycles. The zero-order chi connectivity index (χ0) is 21.7. The summed E-state index contributed by atoms with van der Waals surface area (Å²) >= 11 is 0. The van der Waals surface area contributed by atoms with Crippen LogP contribution in [0.1, 0.15) is 72.3 Å². The molecule has 1 aromatic carbocycles. The number of nitrogens with one attached hydrogen (secondary N) is 1. The van der Waals surface area contributed by atoms with Gasteiger partial charge in [0, 0.05) is 0 Å². The number of β-amino-alcohol motifs (C(OH)–C–C–N with tert-alkyl or cyclic N) is 1. The second kappa shape index (κ2) is 9.61.